The van der Waals surface area contributed by atoms with E-state index in [1.807, 2.05) is 18.2 Å². The minimum absolute atomic E-state index is 0.100. The first-order valence-electron chi connectivity index (χ1n) is 7.99. The van der Waals surface area contributed by atoms with Crippen LogP contribution in [-0.2, 0) is 0 Å². The summed E-state index contributed by atoms with van der Waals surface area (Å²) in [5.41, 5.74) is 8.20. The second-order valence-corrected chi connectivity index (χ2v) is 6.96. The molecule has 0 spiro atoms. The maximum atomic E-state index is 12.5. The number of carbonyl (C=O) groups excluding carboxylic acids is 1. The third-order valence-electron chi connectivity index (χ3n) is 4.09. The van der Waals surface area contributed by atoms with Crippen LogP contribution < -0.4 is 16.2 Å². The lowest BCUT2D eigenvalue weighted by Gasteiger charge is -2.20. The topological polar surface area (TPSA) is 78.9 Å². The summed E-state index contributed by atoms with van der Waals surface area (Å²) in [6, 6.07) is 7.66. The summed E-state index contributed by atoms with van der Waals surface area (Å²) < 4.78 is 0. The average Bonchev–Trinajstić information content (AvgIpc) is 2.97. The smallest absolute Gasteiger partial charge is 0.252 e. The molecule has 6 nitrogen and oxygen atoms in total. The molecule has 3 N–H and O–H groups in total. The molecular formula is C17H21N5OS. The number of amides is 1. The van der Waals surface area contributed by atoms with Crippen LogP contribution in [0.2, 0.25) is 0 Å². The number of thioether (sulfide) groups is 1. The van der Waals surface area contributed by atoms with Crippen molar-refractivity contribution < 1.29 is 4.79 Å². The second-order valence-electron chi connectivity index (χ2n) is 5.67. The minimum Gasteiger partial charge on any atom is -0.335 e. The van der Waals surface area contributed by atoms with Gasteiger partial charge >= 0.3 is 0 Å². The number of hydrazine groups is 1. The van der Waals surface area contributed by atoms with Crippen molar-refractivity contribution in [2.75, 3.05) is 5.75 Å². The predicted octanol–water partition coefficient (Wildman–Crippen LogP) is 2.13. The molecule has 0 aromatic carbocycles. The SMILES string of the molecule is CCSc1cc(C(=O)NC2NNC(c3ccncc3)C2C)ccn1. The molecule has 0 saturated carbocycles. The summed E-state index contributed by atoms with van der Waals surface area (Å²) in [5, 5.41) is 3.91. The van der Waals surface area contributed by atoms with Gasteiger partial charge in [0.05, 0.1) is 17.2 Å². The zero-order chi connectivity index (χ0) is 16.9. The summed E-state index contributed by atoms with van der Waals surface area (Å²) >= 11 is 1.62. The summed E-state index contributed by atoms with van der Waals surface area (Å²) in [6.07, 6.45) is 5.08. The number of nitrogens with zero attached hydrogens (tertiary/aromatic N) is 2. The van der Waals surface area contributed by atoms with Crippen molar-refractivity contribution in [1.82, 2.24) is 26.1 Å². The molecule has 1 saturated heterocycles. The monoisotopic (exact) mass is 343 g/mol. The van der Waals surface area contributed by atoms with Gasteiger partial charge in [-0.15, -0.1) is 11.8 Å². The Morgan fingerprint density at radius 3 is 2.79 bits per heavy atom. The van der Waals surface area contributed by atoms with Gasteiger partial charge in [0.1, 0.15) is 0 Å². The van der Waals surface area contributed by atoms with Gasteiger partial charge in [-0.3, -0.25) is 9.78 Å². The summed E-state index contributed by atoms with van der Waals surface area (Å²) in [4.78, 5) is 20.8. The highest BCUT2D eigenvalue weighted by Gasteiger charge is 2.34. The molecule has 0 aliphatic carbocycles. The van der Waals surface area contributed by atoms with Crippen molar-refractivity contribution in [2.24, 2.45) is 5.92 Å². The van der Waals surface area contributed by atoms with E-state index in [9.17, 15) is 4.79 Å². The second kappa shape index (κ2) is 7.74. The maximum Gasteiger partial charge on any atom is 0.252 e. The van der Waals surface area contributed by atoms with Gasteiger partial charge < -0.3 is 5.32 Å². The van der Waals surface area contributed by atoms with E-state index in [0.29, 0.717) is 5.56 Å². The standard InChI is InChI=1S/C17H21N5OS/c1-3-24-14-10-13(6-9-19-14)17(23)20-16-11(2)15(21-22-16)12-4-7-18-8-5-12/h4-11,15-16,21-22H,3H2,1-2H3,(H,20,23). The normalized spacial score (nSPS) is 23.2. The van der Waals surface area contributed by atoms with Crippen LogP contribution in [0, 0.1) is 5.92 Å². The molecule has 3 unspecified atom stereocenters. The van der Waals surface area contributed by atoms with Gasteiger partial charge in [-0.25, -0.2) is 15.8 Å². The molecule has 2 aromatic heterocycles. The van der Waals surface area contributed by atoms with Crippen LogP contribution in [0.1, 0.15) is 35.8 Å². The van der Waals surface area contributed by atoms with E-state index >= 15 is 0 Å². The molecule has 1 amide bonds. The first-order valence-corrected chi connectivity index (χ1v) is 8.98. The summed E-state index contributed by atoms with van der Waals surface area (Å²) in [7, 11) is 0. The average molecular weight is 343 g/mol. The van der Waals surface area contributed by atoms with Crippen molar-refractivity contribution in [1.29, 1.82) is 0 Å². The van der Waals surface area contributed by atoms with Crippen LogP contribution in [0.25, 0.3) is 0 Å². The van der Waals surface area contributed by atoms with E-state index < -0.39 is 0 Å². The molecule has 0 radical (unpaired) electrons. The third kappa shape index (κ3) is 3.75. The fourth-order valence-corrected chi connectivity index (χ4v) is 3.40. The van der Waals surface area contributed by atoms with Crippen LogP contribution in [0.5, 0.6) is 0 Å². The van der Waals surface area contributed by atoms with Crippen molar-refractivity contribution in [3.05, 3.63) is 54.0 Å². The summed E-state index contributed by atoms with van der Waals surface area (Å²) in [5.74, 6) is 1.02. The molecule has 7 heteroatoms. The Kier molecular flexibility index (Phi) is 5.44. The van der Waals surface area contributed by atoms with Crippen molar-refractivity contribution >= 4 is 17.7 Å². The van der Waals surface area contributed by atoms with E-state index in [1.54, 1.807) is 36.4 Å². The van der Waals surface area contributed by atoms with Crippen LogP contribution >= 0.6 is 11.8 Å². The zero-order valence-electron chi connectivity index (χ0n) is 13.7. The largest absolute Gasteiger partial charge is 0.335 e. The Morgan fingerprint density at radius 2 is 2.04 bits per heavy atom. The molecule has 2 aromatic rings. The first-order chi connectivity index (χ1) is 11.7. The van der Waals surface area contributed by atoms with Gasteiger partial charge in [-0.05, 0) is 35.6 Å². The highest BCUT2D eigenvalue weighted by Crippen LogP contribution is 2.27. The number of nitrogens with one attached hydrogen (secondary N) is 3. The van der Waals surface area contributed by atoms with Crippen LogP contribution in [0.15, 0.2) is 47.9 Å². The highest BCUT2D eigenvalue weighted by molar-refractivity contribution is 7.99. The maximum absolute atomic E-state index is 12.5. The van der Waals surface area contributed by atoms with Crippen LogP contribution in [0.4, 0.5) is 0 Å². The first kappa shape index (κ1) is 16.9. The Bertz CT molecular complexity index is 696. The lowest BCUT2D eigenvalue weighted by Crippen LogP contribution is -2.46. The molecular weight excluding hydrogens is 322 g/mol. The summed E-state index contributed by atoms with van der Waals surface area (Å²) in [6.45, 7) is 4.17. The fraction of sp³-hybridized carbons (Fsp3) is 0.353. The Hall–Kier alpha value is -1.96. The molecule has 1 aliphatic heterocycles. The molecule has 3 atom stereocenters. The lowest BCUT2D eigenvalue weighted by molar-refractivity contribution is 0.0922. The molecule has 24 heavy (non-hydrogen) atoms. The Balaban J connectivity index is 1.66. The molecule has 0 bridgehead atoms. The quantitative estimate of drug-likeness (QED) is 0.722. The zero-order valence-corrected chi connectivity index (χ0v) is 14.5. The highest BCUT2D eigenvalue weighted by atomic mass is 32.2. The number of pyridine rings is 2. The van der Waals surface area contributed by atoms with Gasteiger partial charge in [0.2, 0.25) is 0 Å². The molecule has 1 fully saturated rings. The van der Waals surface area contributed by atoms with E-state index in [-0.39, 0.29) is 24.0 Å². The van der Waals surface area contributed by atoms with E-state index in [1.165, 1.54) is 0 Å². The van der Waals surface area contributed by atoms with E-state index in [4.69, 9.17) is 0 Å². The predicted molar refractivity (Wildman–Crippen MR) is 94.3 cm³/mol. The number of hydrogen-bond donors (Lipinski definition) is 3. The molecule has 3 rings (SSSR count). The van der Waals surface area contributed by atoms with Crippen LogP contribution in [-0.4, -0.2) is 27.8 Å². The number of rotatable bonds is 5. The van der Waals surface area contributed by atoms with Gasteiger partial charge in [0.25, 0.3) is 5.91 Å². The van der Waals surface area contributed by atoms with Gasteiger partial charge in [-0.2, -0.15) is 0 Å². The molecule has 3 heterocycles. The van der Waals surface area contributed by atoms with Crippen molar-refractivity contribution in [3.63, 3.8) is 0 Å². The lowest BCUT2D eigenvalue weighted by atomic mass is 9.95. The number of hydrogen-bond acceptors (Lipinski definition) is 6. The Morgan fingerprint density at radius 1 is 1.25 bits per heavy atom. The minimum atomic E-state index is -0.147. The number of carbonyl (C=O) groups is 1. The van der Waals surface area contributed by atoms with Gasteiger partial charge in [0, 0.05) is 30.1 Å². The van der Waals surface area contributed by atoms with Gasteiger partial charge in [0.15, 0.2) is 0 Å². The molecule has 1 aliphatic rings. The van der Waals surface area contributed by atoms with E-state index in [2.05, 4.69) is 40.0 Å². The number of aromatic nitrogens is 2. The Labute approximate surface area is 145 Å². The van der Waals surface area contributed by atoms with E-state index in [0.717, 1.165) is 16.3 Å². The van der Waals surface area contributed by atoms with Crippen molar-refractivity contribution in [2.45, 2.75) is 31.1 Å². The third-order valence-corrected chi connectivity index (χ3v) is 4.89. The molecule has 126 valence electrons. The van der Waals surface area contributed by atoms with Crippen molar-refractivity contribution in [3.8, 4) is 0 Å². The van der Waals surface area contributed by atoms with Gasteiger partial charge in [-0.1, -0.05) is 13.8 Å². The fourth-order valence-electron chi connectivity index (χ4n) is 2.76. The van der Waals surface area contributed by atoms with Crippen LogP contribution in [0.3, 0.4) is 0 Å².